The molecule has 0 aromatic carbocycles. The maximum Gasteiger partial charge on any atom is 0.237 e. The fourth-order valence-corrected chi connectivity index (χ4v) is 1.68. The average molecular weight is 227 g/mol. The Morgan fingerprint density at radius 2 is 2.12 bits per heavy atom. The van der Waals surface area contributed by atoms with Crippen molar-refractivity contribution in [3.63, 3.8) is 0 Å². The van der Waals surface area contributed by atoms with Gasteiger partial charge in [-0.15, -0.1) is 0 Å². The molecule has 0 aromatic heterocycles. The molecule has 92 valence electrons. The summed E-state index contributed by atoms with van der Waals surface area (Å²) in [7, 11) is 0. The normalized spacial score (nSPS) is 19.4. The molecular formula is C11H21N3O2. The van der Waals surface area contributed by atoms with Gasteiger partial charge in [-0.3, -0.25) is 9.59 Å². The molecule has 0 aromatic rings. The molecule has 0 aliphatic carbocycles. The number of hydrogen-bond donors (Lipinski definition) is 3. The Morgan fingerprint density at radius 3 is 2.75 bits per heavy atom. The van der Waals surface area contributed by atoms with Crippen LogP contribution in [0, 0.1) is 0 Å². The van der Waals surface area contributed by atoms with E-state index >= 15 is 0 Å². The van der Waals surface area contributed by atoms with Crippen molar-refractivity contribution in [3.8, 4) is 0 Å². The van der Waals surface area contributed by atoms with E-state index in [1.54, 1.807) is 0 Å². The lowest BCUT2D eigenvalue weighted by molar-refractivity contribution is -0.123. The van der Waals surface area contributed by atoms with Crippen molar-refractivity contribution in [1.29, 1.82) is 0 Å². The standard InChI is InChI=1S/C11H21N3O2/c1-2-6-13-10(15)5-8-14-11(16)9-4-3-7-12-9/h9,12H,2-8H2,1H3,(H,13,15)(H,14,16)/t9-/m0/s1. The first-order chi connectivity index (χ1) is 7.74. The molecule has 5 heteroatoms. The Labute approximate surface area is 96.4 Å². The Morgan fingerprint density at radius 1 is 1.31 bits per heavy atom. The summed E-state index contributed by atoms with van der Waals surface area (Å²) in [6.45, 7) is 4.05. The number of carbonyl (C=O) groups excluding carboxylic acids is 2. The summed E-state index contributed by atoms with van der Waals surface area (Å²) in [4.78, 5) is 22.8. The lowest BCUT2D eigenvalue weighted by Gasteiger charge is -2.10. The van der Waals surface area contributed by atoms with E-state index < -0.39 is 0 Å². The highest BCUT2D eigenvalue weighted by molar-refractivity contribution is 5.83. The Kier molecular flexibility index (Phi) is 5.85. The van der Waals surface area contributed by atoms with Gasteiger partial charge in [0, 0.05) is 19.5 Å². The van der Waals surface area contributed by atoms with E-state index in [0.29, 0.717) is 19.5 Å². The highest BCUT2D eigenvalue weighted by atomic mass is 16.2. The molecule has 1 fully saturated rings. The molecule has 2 amide bonds. The average Bonchev–Trinajstić information content (AvgIpc) is 2.79. The molecule has 3 N–H and O–H groups in total. The van der Waals surface area contributed by atoms with Gasteiger partial charge in [-0.05, 0) is 25.8 Å². The predicted octanol–water partition coefficient (Wildman–Crippen LogP) is -0.229. The van der Waals surface area contributed by atoms with Crippen LogP contribution in [-0.4, -0.2) is 37.5 Å². The topological polar surface area (TPSA) is 70.2 Å². The van der Waals surface area contributed by atoms with Gasteiger partial charge in [0.2, 0.25) is 11.8 Å². The zero-order valence-electron chi connectivity index (χ0n) is 9.84. The van der Waals surface area contributed by atoms with Gasteiger partial charge < -0.3 is 16.0 Å². The van der Waals surface area contributed by atoms with Gasteiger partial charge in [0.15, 0.2) is 0 Å². The SMILES string of the molecule is CCCNC(=O)CCNC(=O)[C@@H]1CCCN1. The minimum Gasteiger partial charge on any atom is -0.356 e. The lowest BCUT2D eigenvalue weighted by atomic mass is 10.2. The van der Waals surface area contributed by atoms with E-state index in [1.165, 1.54) is 0 Å². The van der Waals surface area contributed by atoms with Crippen molar-refractivity contribution in [2.75, 3.05) is 19.6 Å². The van der Waals surface area contributed by atoms with Crippen molar-refractivity contribution < 1.29 is 9.59 Å². The molecule has 1 rings (SSSR count). The van der Waals surface area contributed by atoms with Crippen LogP contribution in [0.15, 0.2) is 0 Å². The molecule has 0 radical (unpaired) electrons. The second-order valence-electron chi connectivity index (χ2n) is 4.04. The third-order valence-corrected chi connectivity index (χ3v) is 2.60. The van der Waals surface area contributed by atoms with E-state index in [0.717, 1.165) is 25.8 Å². The molecule has 0 unspecified atom stereocenters. The third kappa shape index (κ3) is 4.61. The summed E-state index contributed by atoms with van der Waals surface area (Å²) in [5.74, 6) is 0.0160. The summed E-state index contributed by atoms with van der Waals surface area (Å²) in [6, 6.07) is -0.0568. The summed E-state index contributed by atoms with van der Waals surface area (Å²) in [5, 5.41) is 8.66. The third-order valence-electron chi connectivity index (χ3n) is 2.60. The molecule has 1 heterocycles. The quantitative estimate of drug-likeness (QED) is 0.587. The first-order valence-electron chi connectivity index (χ1n) is 6.02. The first-order valence-corrected chi connectivity index (χ1v) is 6.02. The highest BCUT2D eigenvalue weighted by Gasteiger charge is 2.21. The molecule has 0 saturated carbocycles. The maximum absolute atomic E-state index is 11.5. The monoisotopic (exact) mass is 227 g/mol. The fourth-order valence-electron chi connectivity index (χ4n) is 1.68. The number of nitrogens with one attached hydrogen (secondary N) is 3. The lowest BCUT2D eigenvalue weighted by Crippen LogP contribution is -2.41. The van der Waals surface area contributed by atoms with Gasteiger partial charge in [-0.1, -0.05) is 6.92 Å². The van der Waals surface area contributed by atoms with Gasteiger partial charge >= 0.3 is 0 Å². The van der Waals surface area contributed by atoms with E-state index in [-0.39, 0.29) is 17.9 Å². The van der Waals surface area contributed by atoms with Crippen LogP contribution in [0.2, 0.25) is 0 Å². The van der Waals surface area contributed by atoms with Crippen LogP contribution in [0.5, 0.6) is 0 Å². The molecule has 16 heavy (non-hydrogen) atoms. The predicted molar refractivity (Wildman–Crippen MR) is 62.0 cm³/mol. The van der Waals surface area contributed by atoms with Crippen LogP contribution in [0.1, 0.15) is 32.6 Å². The maximum atomic E-state index is 11.5. The highest BCUT2D eigenvalue weighted by Crippen LogP contribution is 2.04. The largest absolute Gasteiger partial charge is 0.356 e. The van der Waals surface area contributed by atoms with Crippen molar-refractivity contribution in [2.24, 2.45) is 0 Å². The van der Waals surface area contributed by atoms with Crippen LogP contribution < -0.4 is 16.0 Å². The van der Waals surface area contributed by atoms with Gasteiger partial charge in [-0.25, -0.2) is 0 Å². The molecule has 1 atom stereocenters. The zero-order chi connectivity index (χ0) is 11.8. The van der Waals surface area contributed by atoms with Crippen LogP contribution in [0.4, 0.5) is 0 Å². The van der Waals surface area contributed by atoms with Gasteiger partial charge in [-0.2, -0.15) is 0 Å². The smallest absolute Gasteiger partial charge is 0.237 e. The molecule has 1 aliphatic rings. The van der Waals surface area contributed by atoms with Gasteiger partial charge in [0.05, 0.1) is 6.04 Å². The molecule has 1 aliphatic heterocycles. The summed E-state index contributed by atoms with van der Waals surface area (Å²) in [6.07, 6.45) is 3.24. The van der Waals surface area contributed by atoms with E-state index in [4.69, 9.17) is 0 Å². The zero-order valence-corrected chi connectivity index (χ0v) is 9.84. The van der Waals surface area contributed by atoms with Crippen LogP contribution in [-0.2, 0) is 9.59 Å². The molecule has 1 saturated heterocycles. The van der Waals surface area contributed by atoms with Crippen LogP contribution in [0.25, 0.3) is 0 Å². The molecule has 0 spiro atoms. The number of carbonyl (C=O) groups is 2. The molecular weight excluding hydrogens is 206 g/mol. The van der Waals surface area contributed by atoms with Crippen molar-refractivity contribution in [3.05, 3.63) is 0 Å². The van der Waals surface area contributed by atoms with E-state index in [9.17, 15) is 9.59 Å². The van der Waals surface area contributed by atoms with Crippen LogP contribution >= 0.6 is 0 Å². The van der Waals surface area contributed by atoms with Crippen molar-refractivity contribution >= 4 is 11.8 Å². The summed E-state index contributed by atoms with van der Waals surface area (Å²) in [5.41, 5.74) is 0. The summed E-state index contributed by atoms with van der Waals surface area (Å²) < 4.78 is 0. The summed E-state index contributed by atoms with van der Waals surface area (Å²) >= 11 is 0. The number of amides is 2. The minimum absolute atomic E-state index is 0.00142. The van der Waals surface area contributed by atoms with Crippen LogP contribution in [0.3, 0.4) is 0 Å². The number of rotatable bonds is 6. The Bertz CT molecular complexity index is 237. The second-order valence-corrected chi connectivity index (χ2v) is 4.04. The fraction of sp³-hybridized carbons (Fsp3) is 0.818. The molecule has 0 bridgehead atoms. The Balaban J connectivity index is 2.05. The van der Waals surface area contributed by atoms with Crippen molar-refractivity contribution in [2.45, 2.75) is 38.6 Å². The first kappa shape index (κ1) is 13.0. The number of hydrogen-bond acceptors (Lipinski definition) is 3. The second kappa shape index (κ2) is 7.22. The minimum atomic E-state index is -0.0568. The Hall–Kier alpha value is -1.10. The van der Waals surface area contributed by atoms with Gasteiger partial charge in [0.25, 0.3) is 0 Å². The molecule has 5 nitrogen and oxygen atoms in total. The van der Waals surface area contributed by atoms with E-state index in [2.05, 4.69) is 16.0 Å². The van der Waals surface area contributed by atoms with E-state index in [1.807, 2.05) is 6.92 Å². The van der Waals surface area contributed by atoms with Crippen molar-refractivity contribution in [1.82, 2.24) is 16.0 Å². The van der Waals surface area contributed by atoms with Gasteiger partial charge in [0.1, 0.15) is 0 Å².